The second-order valence-electron chi connectivity index (χ2n) is 5.62. The number of H-pyrrole nitrogens is 1. The van der Waals surface area contributed by atoms with Gasteiger partial charge in [-0.2, -0.15) is 5.26 Å². The van der Waals surface area contributed by atoms with Gasteiger partial charge in [-0.25, -0.2) is 4.98 Å². The number of carbonyl (C=O) groups is 1. The van der Waals surface area contributed by atoms with Gasteiger partial charge in [0.25, 0.3) is 5.91 Å². The van der Waals surface area contributed by atoms with E-state index in [2.05, 4.69) is 15.3 Å². The number of nitrogens with zero attached hydrogens (tertiary/aromatic N) is 2. The molecule has 0 spiro atoms. The minimum absolute atomic E-state index is 0.135. The zero-order valence-electron chi connectivity index (χ0n) is 12.3. The molecule has 2 aromatic rings. The fourth-order valence-electron chi connectivity index (χ4n) is 2.91. The Kier molecular flexibility index (Phi) is 4.19. The first-order chi connectivity index (χ1) is 10.8. The quantitative estimate of drug-likeness (QED) is 0.674. The van der Waals surface area contributed by atoms with Crippen LogP contribution in [0.2, 0.25) is 0 Å². The highest BCUT2D eigenvalue weighted by molar-refractivity contribution is 6.03. The van der Waals surface area contributed by atoms with Crippen LogP contribution in [-0.4, -0.2) is 21.9 Å². The molecule has 0 atom stereocenters. The van der Waals surface area contributed by atoms with Crippen molar-refractivity contribution < 1.29 is 4.79 Å². The molecule has 2 heterocycles. The number of nitriles is 1. The second kappa shape index (κ2) is 6.44. The summed E-state index contributed by atoms with van der Waals surface area (Å²) in [7, 11) is 0. The monoisotopic (exact) mass is 294 g/mol. The third-order valence-corrected chi connectivity index (χ3v) is 4.09. The molecule has 0 radical (unpaired) electrons. The Morgan fingerprint density at radius 3 is 3.00 bits per heavy atom. The third kappa shape index (κ3) is 3.01. The van der Waals surface area contributed by atoms with Crippen LogP contribution < -0.4 is 5.32 Å². The normalized spacial score (nSPS) is 16.4. The van der Waals surface area contributed by atoms with Crippen molar-refractivity contribution in [3.05, 3.63) is 35.7 Å². The van der Waals surface area contributed by atoms with Crippen molar-refractivity contribution in [2.45, 2.75) is 38.1 Å². The molecule has 1 fully saturated rings. The molecule has 0 aromatic carbocycles. The summed E-state index contributed by atoms with van der Waals surface area (Å²) in [5, 5.41) is 13.2. The van der Waals surface area contributed by atoms with Gasteiger partial charge < -0.3 is 10.3 Å². The number of aromatic nitrogens is 2. The number of hydrogen-bond donors (Lipinski definition) is 2. The van der Waals surface area contributed by atoms with Crippen molar-refractivity contribution >= 4 is 23.0 Å². The van der Waals surface area contributed by atoms with E-state index in [0.717, 1.165) is 42.3 Å². The number of aromatic amines is 1. The van der Waals surface area contributed by atoms with Crippen molar-refractivity contribution in [3.63, 3.8) is 0 Å². The van der Waals surface area contributed by atoms with Gasteiger partial charge in [-0.3, -0.25) is 4.79 Å². The van der Waals surface area contributed by atoms with Crippen LogP contribution in [-0.2, 0) is 4.79 Å². The summed E-state index contributed by atoms with van der Waals surface area (Å²) in [6.45, 7) is 0. The van der Waals surface area contributed by atoms with Gasteiger partial charge in [0.2, 0.25) is 0 Å². The molecular weight excluding hydrogens is 276 g/mol. The molecule has 1 aliphatic rings. The lowest BCUT2D eigenvalue weighted by Gasteiger charge is -2.22. The molecule has 1 aliphatic carbocycles. The first-order valence-electron chi connectivity index (χ1n) is 7.62. The van der Waals surface area contributed by atoms with Crippen LogP contribution in [0.4, 0.5) is 0 Å². The smallest absolute Gasteiger partial charge is 0.262 e. The van der Waals surface area contributed by atoms with Gasteiger partial charge in [-0.1, -0.05) is 19.3 Å². The van der Waals surface area contributed by atoms with Crippen molar-refractivity contribution in [1.29, 1.82) is 5.26 Å². The van der Waals surface area contributed by atoms with Crippen LogP contribution in [0.3, 0.4) is 0 Å². The van der Waals surface area contributed by atoms with E-state index in [0.29, 0.717) is 0 Å². The molecule has 5 heteroatoms. The van der Waals surface area contributed by atoms with Gasteiger partial charge in [-0.05, 0) is 31.1 Å². The Morgan fingerprint density at radius 2 is 2.23 bits per heavy atom. The van der Waals surface area contributed by atoms with Gasteiger partial charge in [0.15, 0.2) is 0 Å². The summed E-state index contributed by atoms with van der Waals surface area (Å²) in [5.74, 6) is -0.285. The maximum absolute atomic E-state index is 12.3. The van der Waals surface area contributed by atoms with E-state index >= 15 is 0 Å². The fraction of sp³-hybridized carbons (Fsp3) is 0.353. The average molecular weight is 294 g/mol. The van der Waals surface area contributed by atoms with E-state index in [4.69, 9.17) is 0 Å². The molecule has 2 aromatic heterocycles. The minimum Gasteiger partial charge on any atom is -0.349 e. The molecule has 22 heavy (non-hydrogen) atoms. The molecule has 2 N–H and O–H groups in total. The van der Waals surface area contributed by atoms with E-state index < -0.39 is 0 Å². The molecule has 0 aliphatic heterocycles. The van der Waals surface area contributed by atoms with Crippen molar-refractivity contribution in [2.24, 2.45) is 0 Å². The van der Waals surface area contributed by atoms with E-state index in [1.54, 1.807) is 18.5 Å². The van der Waals surface area contributed by atoms with Crippen LogP contribution in [0.15, 0.2) is 30.1 Å². The molecule has 1 amide bonds. The zero-order chi connectivity index (χ0) is 15.4. The minimum atomic E-state index is -0.285. The van der Waals surface area contributed by atoms with Crippen molar-refractivity contribution in [2.75, 3.05) is 0 Å². The standard InChI is InChI=1S/C17H18N4O/c18-10-12(17(22)21-14-5-2-1-3-6-14)9-13-11-20-16-15(13)7-4-8-19-16/h4,7-9,11,14H,1-3,5-6H2,(H,19,20)(H,21,22)/b12-9+. The predicted octanol–water partition coefficient (Wildman–Crippen LogP) is 2.92. The first-order valence-corrected chi connectivity index (χ1v) is 7.62. The highest BCUT2D eigenvalue weighted by atomic mass is 16.1. The Hall–Kier alpha value is -2.61. The lowest BCUT2D eigenvalue weighted by atomic mass is 9.95. The summed E-state index contributed by atoms with van der Waals surface area (Å²) in [6, 6.07) is 5.96. The highest BCUT2D eigenvalue weighted by Crippen LogP contribution is 2.20. The molecule has 5 nitrogen and oxygen atoms in total. The van der Waals surface area contributed by atoms with E-state index in [9.17, 15) is 10.1 Å². The Morgan fingerprint density at radius 1 is 1.41 bits per heavy atom. The number of pyridine rings is 1. The van der Waals surface area contributed by atoms with Crippen LogP contribution in [0.25, 0.3) is 17.1 Å². The number of carbonyl (C=O) groups excluding carboxylic acids is 1. The molecule has 0 bridgehead atoms. The van der Waals surface area contributed by atoms with Crippen LogP contribution in [0.5, 0.6) is 0 Å². The third-order valence-electron chi connectivity index (χ3n) is 4.09. The second-order valence-corrected chi connectivity index (χ2v) is 5.62. The van der Waals surface area contributed by atoms with Gasteiger partial charge >= 0.3 is 0 Å². The SMILES string of the molecule is N#C/C(=C\c1c[nH]c2ncccc12)C(=O)NC1CCCCC1. The predicted molar refractivity (Wildman–Crippen MR) is 84.7 cm³/mol. The van der Waals surface area contributed by atoms with E-state index in [-0.39, 0.29) is 17.5 Å². The average Bonchev–Trinajstić information content (AvgIpc) is 2.96. The first kappa shape index (κ1) is 14.3. The molecule has 3 rings (SSSR count). The van der Waals surface area contributed by atoms with Crippen LogP contribution in [0, 0.1) is 11.3 Å². The van der Waals surface area contributed by atoms with Gasteiger partial charge in [0.05, 0.1) is 0 Å². The lowest BCUT2D eigenvalue weighted by Crippen LogP contribution is -2.36. The molecule has 0 saturated heterocycles. The fourth-order valence-corrected chi connectivity index (χ4v) is 2.91. The number of fused-ring (bicyclic) bond motifs is 1. The summed E-state index contributed by atoms with van der Waals surface area (Å²) < 4.78 is 0. The van der Waals surface area contributed by atoms with Gasteiger partial charge in [0.1, 0.15) is 17.3 Å². The Labute approximate surface area is 129 Å². The van der Waals surface area contributed by atoms with E-state index in [1.807, 2.05) is 18.2 Å². The summed E-state index contributed by atoms with van der Waals surface area (Å²) >= 11 is 0. The van der Waals surface area contributed by atoms with Gasteiger partial charge in [-0.15, -0.1) is 0 Å². The topological polar surface area (TPSA) is 81.6 Å². The Bertz CT molecular complexity index is 747. The largest absolute Gasteiger partial charge is 0.349 e. The highest BCUT2D eigenvalue weighted by Gasteiger charge is 2.18. The van der Waals surface area contributed by atoms with Crippen LogP contribution >= 0.6 is 0 Å². The number of amides is 1. The Balaban J connectivity index is 1.80. The molecule has 1 saturated carbocycles. The van der Waals surface area contributed by atoms with Crippen molar-refractivity contribution in [1.82, 2.24) is 15.3 Å². The molecule has 0 unspecified atom stereocenters. The number of rotatable bonds is 3. The number of nitrogens with one attached hydrogen (secondary N) is 2. The maximum Gasteiger partial charge on any atom is 0.262 e. The summed E-state index contributed by atoms with van der Waals surface area (Å²) in [4.78, 5) is 19.5. The van der Waals surface area contributed by atoms with Gasteiger partial charge in [0, 0.05) is 29.4 Å². The molecule has 112 valence electrons. The summed E-state index contributed by atoms with van der Waals surface area (Å²) in [6.07, 6.45) is 10.6. The lowest BCUT2D eigenvalue weighted by molar-refractivity contribution is -0.117. The molecular formula is C17H18N4O. The van der Waals surface area contributed by atoms with E-state index in [1.165, 1.54) is 6.42 Å². The summed E-state index contributed by atoms with van der Waals surface area (Å²) in [5.41, 5.74) is 1.69. The number of hydrogen-bond acceptors (Lipinski definition) is 3. The maximum atomic E-state index is 12.3. The van der Waals surface area contributed by atoms with Crippen LogP contribution in [0.1, 0.15) is 37.7 Å². The zero-order valence-corrected chi connectivity index (χ0v) is 12.3. The van der Waals surface area contributed by atoms with Crippen molar-refractivity contribution in [3.8, 4) is 6.07 Å².